The van der Waals surface area contributed by atoms with Gasteiger partial charge < -0.3 is 15.0 Å². The highest BCUT2D eigenvalue weighted by molar-refractivity contribution is 5.94. The molecule has 2 amide bonds. The van der Waals surface area contributed by atoms with Crippen LogP contribution in [-0.2, 0) is 9.53 Å². The number of hydrogen-bond acceptors (Lipinski definition) is 3. The van der Waals surface area contributed by atoms with Gasteiger partial charge in [0.05, 0.1) is 18.7 Å². The number of urea groups is 1. The van der Waals surface area contributed by atoms with Crippen LogP contribution in [0.5, 0.6) is 0 Å². The largest absolute Gasteiger partial charge is 0.466 e. The fraction of sp³-hybridized carbons (Fsp3) is 0.333. The third kappa shape index (κ3) is 2.39. The molecule has 1 aromatic rings. The molecule has 0 radical (unpaired) electrons. The molecule has 0 saturated heterocycles. The minimum atomic E-state index is -0.480. The van der Waals surface area contributed by atoms with E-state index >= 15 is 0 Å². The van der Waals surface area contributed by atoms with E-state index in [0.29, 0.717) is 11.3 Å². The lowest BCUT2D eigenvalue weighted by Crippen LogP contribution is -2.46. The summed E-state index contributed by atoms with van der Waals surface area (Å²) in [6.07, 6.45) is 0. The topological polar surface area (TPSA) is 58.6 Å². The molecule has 1 aliphatic rings. The molecule has 0 fully saturated rings. The number of carbonyl (C=O) groups excluding carboxylic acids is 2. The summed E-state index contributed by atoms with van der Waals surface area (Å²) < 4.78 is 4.84. The predicted octanol–water partition coefficient (Wildman–Crippen LogP) is 2.14. The monoisotopic (exact) mass is 274 g/mol. The molecule has 2 rings (SSSR count). The Morgan fingerprint density at radius 2 is 1.85 bits per heavy atom. The number of ether oxygens (including phenoxy) is 1. The second-order valence-electron chi connectivity index (χ2n) is 4.84. The normalized spacial score (nSPS) is 18.9. The SMILES string of the molecule is COC(=O)C1=C(C)N(C)C(=O)N[C@@H]1c1ccc(C)cc1. The number of nitrogens with zero attached hydrogens (tertiary/aromatic N) is 1. The summed E-state index contributed by atoms with van der Waals surface area (Å²) in [6.45, 7) is 3.73. The number of allylic oxidation sites excluding steroid dienone is 1. The fourth-order valence-corrected chi connectivity index (χ4v) is 2.22. The zero-order chi connectivity index (χ0) is 14.9. The lowest BCUT2D eigenvalue weighted by Gasteiger charge is -2.33. The van der Waals surface area contributed by atoms with Gasteiger partial charge in [0.2, 0.25) is 0 Å². The number of aryl methyl sites for hydroxylation is 1. The minimum absolute atomic E-state index is 0.235. The molecule has 106 valence electrons. The van der Waals surface area contributed by atoms with Crippen molar-refractivity contribution in [3.63, 3.8) is 0 Å². The molecule has 0 bridgehead atoms. The minimum Gasteiger partial charge on any atom is -0.466 e. The molecule has 1 aliphatic heterocycles. The van der Waals surface area contributed by atoms with Gasteiger partial charge in [-0.2, -0.15) is 0 Å². The number of benzene rings is 1. The number of carbonyl (C=O) groups is 2. The highest BCUT2D eigenvalue weighted by Gasteiger charge is 2.34. The summed E-state index contributed by atoms with van der Waals surface area (Å²) in [5.41, 5.74) is 3.04. The second-order valence-corrected chi connectivity index (χ2v) is 4.84. The maximum atomic E-state index is 12.0. The Bertz CT molecular complexity index is 575. The average Bonchev–Trinajstić information content (AvgIpc) is 2.44. The smallest absolute Gasteiger partial charge is 0.337 e. The molecule has 1 atom stereocenters. The van der Waals surface area contributed by atoms with Crippen molar-refractivity contribution >= 4 is 12.0 Å². The van der Waals surface area contributed by atoms with Crippen LogP contribution in [0.2, 0.25) is 0 Å². The van der Waals surface area contributed by atoms with Crippen LogP contribution < -0.4 is 5.32 Å². The molecule has 20 heavy (non-hydrogen) atoms. The number of rotatable bonds is 2. The van der Waals surface area contributed by atoms with E-state index in [1.165, 1.54) is 12.0 Å². The maximum absolute atomic E-state index is 12.0. The molecule has 0 saturated carbocycles. The Hall–Kier alpha value is -2.30. The van der Waals surface area contributed by atoms with E-state index in [0.717, 1.165) is 11.1 Å². The van der Waals surface area contributed by atoms with Crippen LogP contribution in [-0.4, -0.2) is 31.1 Å². The highest BCUT2D eigenvalue weighted by atomic mass is 16.5. The summed E-state index contributed by atoms with van der Waals surface area (Å²) in [7, 11) is 2.96. The van der Waals surface area contributed by atoms with E-state index in [1.54, 1.807) is 14.0 Å². The van der Waals surface area contributed by atoms with Crippen molar-refractivity contribution in [1.29, 1.82) is 0 Å². The van der Waals surface area contributed by atoms with Gasteiger partial charge in [0.25, 0.3) is 0 Å². The van der Waals surface area contributed by atoms with Crippen molar-refractivity contribution in [1.82, 2.24) is 10.2 Å². The van der Waals surface area contributed by atoms with Gasteiger partial charge in [0.15, 0.2) is 0 Å². The van der Waals surface area contributed by atoms with Crippen molar-refractivity contribution in [2.24, 2.45) is 0 Å². The van der Waals surface area contributed by atoms with Crippen molar-refractivity contribution in [2.75, 3.05) is 14.2 Å². The predicted molar refractivity (Wildman–Crippen MR) is 74.9 cm³/mol. The lowest BCUT2D eigenvalue weighted by atomic mass is 9.94. The number of hydrogen-bond donors (Lipinski definition) is 1. The average molecular weight is 274 g/mol. The summed E-state index contributed by atoms with van der Waals surface area (Å²) >= 11 is 0. The van der Waals surface area contributed by atoms with Gasteiger partial charge in [-0.15, -0.1) is 0 Å². The molecule has 0 spiro atoms. The van der Waals surface area contributed by atoms with Crippen molar-refractivity contribution in [3.05, 3.63) is 46.7 Å². The summed E-state index contributed by atoms with van der Waals surface area (Å²) in [5, 5.41) is 2.83. The van der Waals surface area contributed by atoms with E-state index < -0.39 is 12.0 Å². The van der Waals surface area contributed by atoms with E-state index in [9.17, 15) is 9.59 Å². The molecule has 0 unspecified atom stereocenters. The molecular formula is C15H18N2O3. The first-order valence-corrected chi connectivity index (χ1v) is 6.35. The van der Waals surface area contributed by atoms with Crippen molar-refractivity contribution in [2.45, 2.75) is 19.9 Å². The molecule has 0 aromatic heterocycles. The van der Waals surface area contributed by atoms with Crippen LogP contribution in [0.1, 0.15) is 24.1 Å². The first-order valence-electron chi connectivity index (χ1n) is 6.35. The van der Waals surface area contributed by atoms with Crippen LogP contribution >= 0.6 is 0 Å². The molecule has 1 aromatic carbocycles. The van der Waals surface area contributed by atoms with Gasteiger partial charge >= 0.3 is 12.0 Å². The van der Waals surface area contributed by atoms with Crippen LogP contribution in [0.4, 0.5) is 4.79 Å². The molecule has 1 heterocycles. The zero-order valence-corrected chi connectivity index (χ0v) is 12.1. The highest BCUT2D eigenvalue weighted by Crippen LogP contribution is 2.30. The van der Waals surface area contributed by atoms with E-state index in [-0.39, 0.29) is 6.03 Å². The van der Waals surface area contributed by atoms with Crippen LogP contribution in [0.25, 0.3) is 0 Å². The lowest BCUT2D eigenvalue weighted by molar-refractivity contribution is -0.136. The molecule has 5 heteroatoms. The van der Waals surface area contributed by atoms with Crippen LogP contribution in [0, 0.1) is 6.92 Å². The quantitative estimate of drug-likeness (QED) is 0.841. The van der Waals surface area contributed by atoms with Crippen LogP contribution in [0.15, 0.2) is 35.5 Å². The third-order valence-corrected chi connectivity index (χ3v) is 3.57. The fourth-order valence-electron chi connectivity index (χ4n) is 2.22. The standard InChI is InChI=1S/C15H18N2O3/c1-9-5-7-11(8-6-9)13-12(14(18)20-4)10(2)17(3)15(19)16-13/h5-8,13H,1-4H3,(H,16,19)/t13-/m1/s1. The first-order chi connectivity index (χ1) is 9.45. The van der Waals surface area contributed by atoms with Gasteiger partial charge in [-0.25, -0.2) is 9.59 Å². The maximum Gasteiger partial charge on any atom is 0.337 e. The van der Waals surface area contributed by atoms with Gasteiger partial charge in [0, 0.05) is 12.7 Å². The first kappa shape index (κ1) is 14.1. The molecule has 5 nitrogen and oxygen atoms in total. The Balaban J connectivity index is 2.51. The Kier molecular flexibility index (Phi) is 3.79. The molecule has 0 aliphatic carbocycles. The van der Waals surface area contributed by atoms with Crippen molar-refractivity contribution in [3.8, 4) is 0 Å². The Morgan fingerprint density at radius 1 is 1.25 bits per heavy atom. The Morgan fingerprint density at radius 3 is 2.40 bits per heavy atom. The number of amides is 2. The summed E-state index contributed by atoms with van der Waals surface area (Å²) in [6, 6.07) is 6.99. The van der Waals surface area contributed by atoms with Gasteiger partial charge in [-0.3, -0.25) is 0 Å². The van der Waals surface area contributed by atoms with E-state index in [2.05, 4.69) is 5.32 Å². The van der Waals surface area contributed by atoms with E-state index in [4.69, 9.17) is 4.74 Å². The third-order valence-electron chi connectivity index (χ3n) is 3.57. The van der Waals surface area contributed by atoms with Gasteiger partial charge in [-0.05, 0) is 19.4 Å². The number of nitrogens with one attached hydrogen (secondary N) is 1. The summed E-state index contributed by atoms with van der Waals surface area (Å²) in [4.78, 5) is 25.4. The molecular weight excluding hydrogens is 256 g/mol. The Labute approximate surface area is 118 Å². The molecule has 1 N–H and O–H groups in total. The number of esters is 1. The van der Waals surface area contributed by atoms with Gasteiger partial charge in [0.1, 0.15) is 0 Å². The van der Waals surface area contributed by atoms with Crippen LogP contribution in [0.3, 0.4) is 0 Å². The van der Waals surface area contributed by atoms with Gasteiger partial charge in [-0.1, -0.05) is 29.8 Å². The van der Waals surface area contributed by atoms with E-state index in [1.807, 2.05) is 31.2 Å². The second kappa shape index (κ2) is 5.36. The zero-order valence-electron chi connectivity index (χ0n) is 12.1. The summed E-state index contributed by atoms with van der Waals surface area (Å²) in [5.74, 6) is -0.431. The number of methoxy groups -OCH3 is 1. The van der Waals surface area contributed by atoms with Crippen molar-refractivity contribution < 1.29 is 14.3 Å².